The van der Waals surface area contributed by atoms with Crippen molar-refractivity contribution in [1.82, 2.24) is 0 Å². The molecule has 0 aliphatic heterocycles. The fourth-order valence-electron chi connectivity index (χ4n) is 3.27. The van der Waals surface area contributed by atoms with Crippen LogP contribution in [0.25, 0.3) is 0 Å². The van der Waals surface area contributed by atoms with Gasteiger partial charge in [-0.1, -0.05) is 91.0 Å². The highest BCUT2D eigenvalue weighted by Crippen LogP contribution is 2.42. The molecule has 4 aromatic rings. The molecule has 0 aliphatic carbocycles. The number of hydrogen-bond donors (Lipinski definition) is 0. The van der Waals surface area contributed by atoms with Gasteiger partial charge in [0.2, 0.25) is 11.5 Å². The van der Waals surface area contributed by atoms with Crippen LogP contribution in [0.4, 0.5) is 4.39 Å². The van der Waals surface area contributed by atoms with Crippen molar-refractivity contribution in [1.29, 1.82) is 0 Å². The molecular weight excluding hydrogens is 419 g/mol. The third-order valence-electron chi connectivity index (χ3n) is 4.99. The molecular formula is C28H23FO4. The van der Waals surface area contributed by atoms with Crippen molar-refractivity contribution in [2.45, 2.75) is 19.8 Å². The molecule has 4 rings (SSSR count). The summed E-state index contributed by atoms with van der Waals surface area (Å²) in [6.45, 7) is 0.522. The maximum Gasteiger partial charge on any atom is 0.207 e. The van der Waals surface area contributed by atoms with E-state index in [4.69, 9.17) is 14.2 Å². The summed E-state index contributed by atoms with van der Waals surface area (Å²) < 4.78 is 33.0. The van der Waals surface area contributed by atoms with Crippen LogP contribution in [-0.2, 0) is 19.8 Å². The van der Waals surface area contributed by atoms with E-state index in [1.807, 2.05) is 91.0 Å². The van der Waals surface area contributed by atoms with E-state index in [9.17, 15) is 4.79 Å². The number of carbonyl (C=O) groups is 1. The zero-order valence-corrected chi connectivity index (χ0v) is 17.9. The van der Waals surface area contributed by atoms with E-state index < -0.39 is 5.82 Å². The second-order valence-corrected chi connectivity index (χ2v) is 7.38. The van der Waals surface area contributed by atoms with Gasteiger partial charge in [0, 0.05) is 0 Å². The number of rotatable bonds is 10. The van der Waals surface area contributed by atoms with Gasteiger partial charge in [-0.25, -0.2) is 4.39 Å². The molecule has 0 fully saturated rings. The molecule has 33 heavy (non-hydrogen) atoms. The lowest BCUT2D eigenvalue weighted by Gasteiger charge is -2.19. The van der Waals surface area contributed by atoms with Gasteiger partial charge in [0.15, 0.2) is 17.9 Å². The minimum Gasteiger partial charge on any atom is -0.485 e. The molecule has 166 valence electrons. The summed E-state index contributed by atoms with van der Waals surface area (Å²) in [5.74, 6) is -0.575. The fourth-order valence-corrected chi connectivity index (χ4v) is 3.27. The average molecular weight is 442 g/mol. The van der Waals surface area contributed by atoms with Crippen LogP contribution < -0.4 is 14.2 Å². The molecule has 0 atom stereocenters. The summed E-state index contributed by atoms with van der Waals surface area (Å²) in [4.78, 5) is 11.6. The molecule has 0 amide bonds. The molecule has 0 bridgehead atoms. The zero-order chi connectivity index (χ0) is 22.9. The molecule has 4 nitrogen and oxygen atoms in total. The Kier molecular flexibility index (Phi) is 7.33. The maximum absolute atomic E-state index is 15.2. The smallest absolute Gasteiger partial charge is 0.207 e. The van der Waals surface area contributed by atoms with E-state index in [2.05, 4.69) is 0 Å². The first-order valence-corrected chi connectivity index (χ1v) is 10.6. The van der Waals surface area contributed by atoms with Crippen molar-refractivity contribution in [3.8, 4) is 17.2 Å². The van der Waals surface area contributed by atoms with Gasteiger partial charge in [-0.3, -0.25) is 4.79 Å². The quantitative estimate of drug-likeness (QED) is 0.268. The topological polar surface area (TPSA) is 44.8 Å². The van der Waals surface area contributed by atoms with Crippen molar-refractivity contribution in [2.75, 3.05) is 0 Å². The Labute approximate surface area is 192 Å². The second-order valence-electron chi connectivity index (χ2n) is 7.38. The third-order valence-corrected chi connectivity index (χ3v) is 4.99. The van der Waals surface area contributed by atoms with Crippen LogP contribution in [0, 0.1) is 5.82 Å². The van der Waals surface area contributed by atoms with Crippen LogP contribution >= 0.6 is 0 Å². The third kappa shape index (κ3) is 5.77. The Morgan fingerprint density at radius 2 is 1.03 bits per heavy atom. The SMILES string of the molecule is O=Cc1cc(OCc2ccccc2)c(OCc2ccccc2)c(OCc2ccccc2)c1F. The Bertz CT molecular complexity index is 1180. The predicted octanol–water partition coefficient (Wildman–Crippen LogP) is 6.38. The summed E-state index contributed by atoms with van der Waals surface area (Å²) in [7, 11) is 0. The van der Waals surface area contributed by atoms with E-state index in [1.165, 1.54) is 6.07 Å². The molecule has 0 saturated heterocycles. The van der Waals surface area contributed by atoms with Crippen LogP contribution in [0.2, 0.25) is 0 Å². The van der Waals surface area contributed by atoms with Crippen molar-refractivity contribution in [3.05, 3.63) is 125 Å². The summed E-state index contributed by atoms with van der Waals surface area (Å²) in [5.41, 5.74) is 2.53. The predicted molar refractivity (Wildman–Crippen MR) is 124 cm³/mol. The van der Waals surface area contributed by atoms with Crippen molar-refractivity contribution in [2.24, 2.45) is 0 Å². The van der Waals surface area contributed by atoms with Gasteiger partial charge in [0.1, 0.15) is 19.8 Å². The first-order valence-electron chi connectivity index (χ1n) is 10.6. The Balaban J connectivity index is 1.67. The average Bonchev–Trinajstić information content (AvgIpc) is 2.88. The highest BCUT2D eigenvalue weighted by Gasteiger charge is 2.23. The van der Waals surface area contributed by atoms with Crippen molar-refractivity contribution < 1.29 is 23.4 Å². The molecule has 0 saturated carbocycles. The molecule has 0 aromatic heterocycles. The Morgan fingerprint density at radius 1 is 0.606 bits per heavy atom. The minimum atomic E-state index is -0.781. The number of ether oxygens (including phenoxy) is 3. The highest BCUT2D eigenvalue weighted by molar-refractivity contribution is 5.79. The lowest BCUT2D eigenvalue weighted by Crippen LogP contribution is -2.07. The minimum absolute atomic E-state index is 0.111. The van der Waals surface area contributed by atoms with Gasteiger partial charge < -0.3 is 14.2 Å². The van der Waals surface area contributed by atoms with Gasteiger partial charge in [-0.2, -0.15) is 0 Å². The number of carbonyl (C=O) groups excluding carboxylic acids is 1. The summed E-state index contributed by atoms with van der Waals surface area (Å²) in [6, 6.07) is 29.8. The van der Waals surface area contributed by atoms with E-state index >= 15 is 4.39 Å². The summed E-state index contributed by atoms with van der Waals surface area (Å²) in [5, 5.41) is 0. The first-order chi connectivity index (χ1) is 16.2. The molecule has 0 heterocycles. The highest BCUT2D eigenvalue weighted by atomic mass is 19.1. The number of halogens is 1. The van der Waals surface area contributed by atoms with E-state index in [0.717, 1.165) is 16.7 Å². The fraction of sp³-hybridized carbons (Fsp3) is 0.107. The van der Waals surface area contributed by atoms with Gasteiger partial charge in [-0.05, 0) is 22.8 Å². The molecule has 0 N–H and O–H groups in total. The Hall–Kier alpha value is -4.12. The van der Waals surface area contributed by atoms with Gasteiger partial charge >= 0.3 is 0 Å². The molecule has 4 aromatic carbocycles. The van der Waals surface area contributed by atoms with E-state index in [-0.39, 0.29) is 42.6 Å². The zero-order valence-electron chi connectivity index (χ0n) is 17.9. The van der Waals surface area contributed by atoms with Crippen molar-refractivity contribution in [3.63, 3.8) is 0 Å². The monoisotopic (exact) mass is 442 g/mol. The first kappa shape index (κ1) is 22.1. The second kappa shape index (κ2) is 11.0. The number of benzene rings is 4. The van der Waals surface area contributed by atoms with Gasteiger partial charge in [-0.15, -0.1) is 0 Å². The molecule has 0 aliphatic rings. The number of aldehydes is 1. The normalized spacial score (nSPS) is 10.5. The standard InChI is InChI=1S/C28H23FO4/c29-26-24(17-30)16-25(31-18-21-10-4-1-5-11-21)27(32-19-22-12-6-2-7-13-22)28(26)33-20-23-14-8-3-9-15-23/h1-17H,18-20H2. The van der Waals surface area contributed by atoms with Gasteiger partial charge in [0.25, 0.3) is 0 Å². The molecule has 0 radical (unpaired) electrons. The van der Waals surface area contributed by atoms with Crippen LogP contribution in [0.5, 0.6) is 17.2 Å². The van der Waals surface area contributed by atoms with Crippen molar-refractivity contribution >= 4 is 6.29 Å². The molecule has 0 spiro atoms. The lowest BCUT2D eigenvalue weighted by molar-refractivity contribution is 0.111. The van der Waals surface area contributed by atoms with E-state index in [0.29, 0.717) is 6.29 Å². The lowest BCUT2D eigenvalue weighted by atomic mass is 10.1. The molecule has 5 heteroatoms. The van der Waals surface area contributed by atoms with Crippen LogP contribution in [-0.4, -0.2) is 6.29 Å². The van der Waals surface area contributed by atoms with Gasteiger partial charge in [0.05, 0.1) is 5.56 Å². The number of hydrogen-bond acceptors (Lipinski definition) is 4. The van der Waals surface area contributed by atoms with E-state index in [1.54, 1.807) is 0 Å². The molecule has 0 unspecified atom stereocenters. The largest absolute Gasteiger partial charge is 0.485 e. The van der Waals surface area contributed by atoms with Crippen LogP contribution in [0.1, 0.15) is 27.0 Å². The van der Waals surface area contributed by atoms with Crippen LogP contribution in [0.15, 0.2) is 97.1 Å². The maximum atomic E-state index is 15.2. The summed E-state index contributed by atoms with van der Waals surface area (Å²) >= 11 is 0. The van der Waals surface area contributed by atoms with Crippen LogP contribution in [0.3, 0.4) is 0 Å². The Morgan fingerprint density at radius 3 is 1.48 bits per heavy atom. The summed E-state index contributed by atoms with van der Waals surface area (Å²) in [6.07, 6.45) is 0.445.